The number of hydrogen-bond donors (Lipinski definition) is 0. The van der Waals surface area contributed by atoms with Gasteiger partial charge in [-0.3, -0.25) is 0 Å². The summed E-state index contributed by atoms with van der Waals surface area (Å²) in [5.74, 6) is -51.3. The van der Waals surface area contributed by atoms with Gasteiger partial charge >= 0.3 is 47.4 Å². The van der Waals surface area contributed by atoms with Crippen LogP contribution in [0.2, 0.25) is 0 Å². The Balaban J connectivity index is 1.54. The number of alkyl halides is 16. The summed E-state index contributed by atoms with van der Waals surface area (Å²) in [4.78, 5) is 0. The van der Waals surface area contributed by atoms with E-state index in [4.69, 9.17) is 4.74 Å². The molecule has 0 aliphatic carbocycles. The van der Waals surface area contributed by atoms with E-state index in [1.54, 1.807) is 45.2 Å². The third-order valence-corrected chi connectivity index (χ3v) is 8.89. The predicted molar refractivity (Wildman–Crippen MR) is 167 cm³/mol. The van der Waals surface area contributed by atoms with E-state index in [-0.39, 0.29) is 31.4 Å². The molecule has 276 valence electrons. The first-order chi connectivity index (χ1) is 23.2. The highest BCUT2D eigenvalue weighted by atomic mass is 127. The van der Waals surface area contributed by atoms with Crippen LogP contribution in [0.15, 0.2) is 97.1 Å². The Bertz CT molecular complexity index is 1690. The van der Waals surface area contributed by atoms with Gasteiger partial charge in [-0.25, -0.2) is 0 Å². The second-order valence-electron chi connectivity index (χ2n) is 10.8. The molecule has 0 unspecified atom stereocenters. The molecule has 0 aliphatic heterocycles. The largest absolute Gasteiger partial charge is 0.457 e. The number of halogens is 18. The van der Waals surface area contributed by atoms with Crippen molar-refractivity contribution in [1.82, 2.24) is 0 Å². The molecule has 0 bridgehead atoms. The van der Waals surface area contributed by atoms with E-state index in [0.29, 0.717) is 48.5 Å². The first-order valence-electron chi connectivity index (χ1n) is 13.6. The zero-order chi connectivity index (χ0) is 38.6. The lowest BCUT2D eigenvalue weighted by Crippen LogP contribution is -2.59. The smallest absolute Gasteiger partial charge is 0.382 e. The predicted octanol–water partition coefficient (Wildman–Crippen LogP) is 13.0. The van der Waals surface area contributed by atoms with E-state index in [9.17, 15) is 70.2 Å². The minimum atomic E-state index is -6.70. The zero-order valence-corrected chi connectivity index (χ0v) is 28.8. The van der Waals surface area contributed by atoms with Gasteiger partial charge in [-0.1, -0.05) is 24.3 Å². The summed E-state index contributed by atoms with van der Waals surface area (Å²) in [6.45, 7) is 0. The van der Waals surface area contributed by atoms with Crippen LogP contribution in [0.3, 0.4) is 0 Å². The van der Waals surface area contributed by atoms with Crippen molar-refractivity contribution < 1.29 is 75.0 Å². The molecule has 19 heteroatoms. The SMILES string of the molecule is FC(F)(c1ccc(I)cc1)C(F)(F)C(F)(F)C(F)(F)c1ccc(Oc2ccc(C(F)(F)C(F)(F)C(F)(F)C(F)(F)c3ccc(I)cc3)cc2)cc1. The molecule has 0 aromatic heterocycles. The van der Waals surface area contributed by atoms with Crippen LogP contribution in [0.5, 0.6) is 11.5 Å². The van der Waals surface area contributed by atoms with E-state index in [1.165, 1.54) is 0 Å². The summed E-state index contributed by atoms with van der Waals surface area (Å²) in [7, 11) is 0. The van der Waals surface area contributed by atoms with E-state index in [2.05, 4.69) is 0 Å². The Morgan fingerprint density at radius 3 is 0.667 bits per heavy atom. The Morgan fingerprint density at radius 2 is 0.471 bits per heavy atom. The summed E-state index contributed by atoms with van der Waals surface area (Å²) in [6.07, 6.45) is 0. The lowest BCUT2D eigenvalue weighted by molar-refractivity contribution is -0.374. The van der Waals surface area contributed by atoms with Gasteiger partial charge in [0.1, 0.15) is 11.5 Å². The molecule has 0 radical (unpaired) electrons. The van der Waals surface area contributed by atoms with Crippen LogP contribution < -0.4 is 4.74 Å². The van der Waals surface area contributed by atoms with Gasteiger partial charge in [-0.15, -0.1) is 0 Å². The van der Waals surface area contributed by atoms with Crippen LogP contribution in [0, 0.1) is 7.14 Å². The summed E-state index contributed by atoms with van der Waals surface area (Å²) < 4.78 is 239. The van der Waals surface area contributed by atoms with E-state index >= 15 is 0 Å². The Morgan fingerprint density at radius 1 is 0.294 bits per heavy atom. The summed E-state index contributed by atoms with van der Waals surface area (Å²) in [5.41, 5.74) is -7.13. The standard InChI is InChI=1S/C32H16F16I2O/c33-25(34,17-1-9-21(49)10-2-17)29(41,42)31(45,46)27(37,38)19-5-13-23(14-6-19)51-24-15-7-20(8-16-24)28(39,40)32(47,48)30(43,44)26(35,36)18-3-11-22(50)12-4-18/h1-16H. The lowest BCUT2D eigenvalue weighted by atomic mass is 9.90. The molecule has 0 saturated carbocycles. The van der Waals surface area contributed by atoms with E-state index in [1.807, 2.05) is 0 Å². The molecule has 0 heterocycles. The van der Waals surface area contributed by atoms with Gasteiger partial charge in [0.15, 0.2) is 0 Å². The highest BCUT2D eigenvalue weighted by Gasteiger charge is 2.82. The molecule has 0 saturated heterocycles. The van der Waals surface area contributed by atoms with Crippen LogP contribution in [0.4, 0.5) is 70.2 Å². The molecule has 0 spiro atoms. The fourth-order valence-electron chi connectivity index (χ4n) is 4.43. The average Bonchev–Trinajstić information content (AvgIpc) is 3.05. The van der Waals surface area contributed by atoms with Gasteiger partial charge in [0.2, 0.25) is 0 Å². The zero-order valence-electron chi connectivity index (χ0n) is 24.4. The normalized spacial score (nSPS) is 14.1. The number of rotatable bonds is 12. The fourth-order valence-corrected chi connectivity index (χ4v) is 5.15. The number of hydrogen-bond acceptors (Lipinski definition) is 1. The molecule has 4 rings (SSSR count). The minimum Gasteiger partial charge on any atom is -0.457 e. The molecule has 0 N–H and O–H groups in total. The highest BCUT2D eigenvalue weighted by Crippen LogP contribution is 2.60. The summed E-state index contributed by atoms with van der Waals surface area (Å²) in [5, 5.41) is 0. The lowest BCUT2D eigenvalue weighted by Gasteiger charge is -2.37. The number of benzene rings is 4. The van der Waals surface area contributed by atoms with E-state index in [0.717, 1.165) is 24.3 Å². The Hall–Kier alpha value is -2.98. The second-order valence-corrected chi connectivity index (χ2v) is 13.3. The third kappa shape index (κ3) is 6.73. The van der Waals surface area contributed by atoms with Gasteiger partial charge in [0.05, 0.1) is 0 Å². The molecule has 1 nitrogen and oxygen atoms in total. The summed E-state index contributed by atoms with van der Waals surface area (Å²) >= 11 is 3.18. The fraction of sp³-hybridized carbons (Fsp3) is 0.250. The van der Waals surface area contributed by atoms with Crippen LogP contribution in [0.25, 0.3) is 0 Å². The molecule has 0 fully saturated rings. The van der Waals surface area contributed by atoms with E-state index < -0.39 is 81.1 Å². The van der Waals surface area contributed by atoms with Gasteiger partial charge in [-0.2, -0.15) is 70.2 Å². The van der Waals surface area contributed by atoms with Crippen LogP contribution in [-0.4, -0.2) is 23.7 Å². The van der Waals surface area contributed by atoms with Gasteiger partial charge in [-0.05, 0) is 118 Å². The van der Waals surface area contributed by atoms with Crippen molar-refractivity contribution in [2.45, 2.75) is 47.4 Å². The summed E-state index contributed by atoms with van der Waals surface area (Å²) in [6, 6.07) is 6.97. The van der Waals surface area contributed by atoms with Gasteiger partial charge < -0.3 is 4.74 Å². The average molecular weight is 974 g/mol. The molecular weight excluding hydrogens is 958 g/mol. The van der Waals surface area contributed by atoms with Crippen molar-refractivity contribution in [2.24, 2.45) is 0 Å². The van der Waals surface area contributed by atoms with Crippen molar-refractivity contribution in [2.75, 3.05) is 0 Å². The highest BCUT2D eigenvalue weighted by molar-refractivity contribution is 14.1. The van der Waals surface area contributed by atoms with Crippen molar-refractivity contribution in [3.63, 3.8) is 0 Å². The Kier molecular flexibility index (Phi) is 10.8. The maximum Gasteiger partial charge on any atom is 0.382 e. The van der Waals surface area contributed by atoms with Crippen molar-refractivity contribution in [1.29, 1.82) is 0 Å². The quantitative estimate of drug-likeness (QED) is 0.102. The van der Waals surface area contributed by atoms with Gasteiger partial charge in [0, 0.05) is 29.4 Å². The topological polar surface area (TPSA) is 9.23 Å². The second kappa shape index (κ2) is 13.5. The van der Waals surface area contributed by atoms with Crippen molar-refractivity contribution in [3.05, 3.63) is 126 Å². The monoisotopic (exact) mass is 974 g/mol. The first-order valence-corrected chi connectivity index (χ1v) is 15.8. The van der Waals surface area contributed by atoms with Crippen molar-refractivity contribution >= 4 is 45.2 Å². The maximum atomic E-state index is 14.8. The first kappa shape index (κ1) is 40.8. The molecule has 4 aromatic rings. The number of ether oxygens (including phenoxy) is 1. The van der Waals surface area contributed by atoms with Crippen LogP contribution in [-0.2, 0) is 23.7 Å². The molecule has 0 amide bonds. The van der Waals surface area contributed by atoms with Gasteiger partial charge in [0.25, 0.3) is 0 Å². The molecule has 51 heavy (non-hydrogen) atoms. The van der Waals surface area contributed by atoms with Crippen molar-refractivity contribution in [3.8, 4) is 11.5 Å². The third-order valence-electron chi connectivity index (χ3n) is 7.45. The molecule has 4 aromatic carbocycles. The minimum absolute atomic E-state index is 0.0846. The Labute approximate surface area is 304 Å². The molecule has 0 aliphatic rings. The molecular formula is C32H16F16I2O. The van der Waals surface area contributed by atoms with Crippen LogP contribution >= 0.6 is 45.2 Å². The maximum absolute atomic E-state index is 14.8. The molecule has 0 atom stereocenters. The van der Waals surface area contributed by atoms with Crippen LogP contribution in [0.1, 0.15) is 22.3 Å².